The van der Waals surface area contributed by atoms with E-state index in [2.05, 4.69) is 39.2 Å². The van der Waals surface area contributed by atoms with Gasteiger partial charge in [0.25, 0.3) is 0 Å². The number of hydrogen-bond donors (Lipinski definition) is 1. The minimum atomic E-state index is 0.224. The molecule has 0 spiro atoms. The molecular formula is C20H31N7O. The van der Waals surface area contributed by atoms with Gasteiger partial charge in [-0.25, -0.2) is 4.98 Å². The van der Waals surface area contributed by atoms with E-state index in [-0.39, 0.29) is 6.10 Å². The van der Waals surface area contributed by atoms with Crippen molar-refractivity contribution in [2.45, 2.75) is 57.6 Å². The van der Waals surface area contributed by atoms with Crippen LogP contribution >= 0.6 is 0 Å². The summed E-state index contributed by atoms with van der Waals surface area (Å²) in [6.45, 7) is 7.14. The number of anilines is 2. The highest BCUT2D eigenvalue weighted by molar-refractivity contribution is 5.43. The van der Waals surface area contributed by atoms with Gasteiger partial charge in [-0.2, -0.15) is 4.98 Å². The van der Waals surface area contributed by atoms with Crippen LogP contribution in [0, 0.1) is 5.92 Å². The fourth-order valence-electron chi connectivity index (χ4n) is 4.42. The molecule has 28 heavy (non-hydrogen) atoms. The van der Waals surface area contributed by atoms with Crippen LogP contribution in [0.1, 0.15) is 51.3 Å². The topological polar surface area (TPSA) is 81.0 Å². The lowest BCUT2D eigenvalue weighted by Gasteiger charge is -2.35. The van der Waals surface area contributed by atoms with E-state index in [9.17, 15) is 0 Å². The van der Waals surface area contributed by atoms with Gasteiger partial charge in [0.2, 0.25) is 5.95 Å². The maximum Gasteiger partial charge on any atom is 0.227 e. The Bertz CT molecular complexity index is 777. The molecule has 8 heteroatoms. The summed E-state index contributed by atoms with van der Waals surface area (Å²) in [4.78, 5) is 11.6. The van der Waals surface area contributed by atoms with Crippen LogP contribution in [0.4, 0.5) is 11.8 Å². The van der Waals surface area contributed by atoms with Crippen molar-refractivity contribution >= 4 is 11.8 Å². The van der Waals surface area contributed by atoms with E-state index in [1.165, 1.54) is 0 Å². The summed E-state index contributed by atoms with van der Waals surface area (Å²) in [7, 11) is 2.01. The predicted octanol–water partition coefficient (Wildman–Crippen LogP) is 2.60. The minimum Gasteiger partial charge on any atom is -0.376 e. The summed E-state index contributed by atoms with van der Waals surface area (Å²) in [5.74, 6) is 3.55. The van der Waals surface area contributed by atoms with Gasteiger partial charge in [-0.3, -0.25) is 0 Å². The van der Waals surface area contributed by atoms with Crippen LogP contribution in [-0.2, 0) is 11.8 Å². The molecule has 0 bridgehead atoms. The molecule has 2 fully saturated rings. The van der Waals surface area contributed by atoms with Crippen LogP contribution < -0.4 is 10.2 Å². The standard InChI is InChI=1S/C20H31N7O/c1-14(2)18-16(7-5-11-28-18)23-17-8-9-21-20(24-17)27-10-4-6-15(12-27)19-25-22-13-26(19)3/h8-9,13-16,18H,4-7,10-12H2,1-3H3,(H,21,23,24)/t15-,16-,18+/m1/s1. The summed E-state index contributed by atoms with van der Waals surface area (Å²) in [5, 5.41) is 12.0. The van der Waals surface area contributed by atoms with Crippen molar-refractivity contribution < 1.29 is 4.74 Å². The fraction of sp³-hybridized carbons (Fsp3) is 0.700. The van der Waals surface area contributed by atoms with Crippen LogP contribution in [0.25, 0.3) is 0 Å². The Hall–Kier alpha value is -2.22. The van der Waals surface area contributed by atoms with Gasteiger partial charge in [0.15, 0.2) is 0 Å². The summed E-state index contributed by atoms with van der Waals surface area (Å²) in [6.07, 6.45) is 8.27. The van der Waals surface area contributed by atoms with E-state index in [0.29, 0.717) is 17.9 Å². The van der Waals surface area contributed by atoms with E-state index in [0.717, 1.165) is 63.0 Å². The smallest absolute Gasteiger partial charge is 0.227 e. The maximum absolute atomic E-state index is 6.01. The highest BCUT2D eigenvalue weighted by Crippen LogP contribution is 2.28. The van der Waals surface area contributed by atoms with Crippen LogP contribution in [0.2, 0.25) is 0 Å². The largest absolute Gasteiger partial charge is 0.376 e. The van der Waals surface area contributed by atoms with Crippen molar-refractivity contribution in [3.63, 3.8) is 0 Å². The number of nitrogens with one attached hydrogen (secondary N) is 1. The first-order valence-electron chi connectivity index (χ1n) is 10.4. The molecule has 0 saturated carbocycles. The van der Waals surface area contributed by atoms with Crippen molar-refractivity contribution in [3.05, 3.63) is 24.4 Å². The maximum atomic E-state index is 6.01. The Labute approximate surface area is 166 Å². The zero-order valence-electron chi connectivity index (χ0n) is 17.1. The lowest BCUT2D eigenvalue weighted by atomic mass is 9.94. The molecule has 2 aromatic heterocycles. The first kappa shape index (κ1) is 19.1. The Kier molecular flexibility index (Phi) is 5.75. The second-order valence-electron chi connectivity index (χ2n) is 8.30. The highest BCUT2D eigenvalue weighted by Gasteiger charge is 2.29. The van der Waals surface area contributed by atoms with Gasteiger partial charge in [-0.15, -0.1) is 10.2 Å². The van der Waals surface area contributed by atoms with Crippen LogP contribution in [-0.4, -0.2) is 56.6 Å². The molecule has 0 radical (unpaired) electrons. The van der Waals surface area contributed by atoms with Crippen molar-refractivity contribution in [3.8, 4) is 0 Å². The molecule has 152 valence electrons. The first-order chi connectivity index (χ1) is 13.6. The second-order valence-corrected chi connectivity index (χ2v) is 8.30. The second kappa shape index (κ2) is 8.43. The van der Waals surface area contributed by atoms with E-state index in [1.54, 1.807) is 6.33 Å². The van der Waals surface area contributed by atoms with Gasteiger partial charge in [0.1, 0.15) is 18.0 Å². The fourth-order valence-corrected chi connectivity index (χ4v) is 4.42. The van der Waals surface area contributed by atoms with Crippen molar-refractivity contribution in [1.82, 2.24) is 24.7 Å². The SMILES string of the molecule is CC(C)[C@@H]1OCCC[C@H]1Nc1ccnc(N2CCC[C@@H](c3nncn3C)C2)n1. The Morgan fingerprint density at radius 1 is 1.25 bits per heavy atom. The number of aromatic nitrogens is 5. The quantitative estimate of drug-likeness (QED) is 0.847. The first-order valence-corrected chi connectivity index (χ1v) is 10.4. The number of ether oxygens (including phenoxy) is 1. The van der Waals surface area contributed by atoms with E-state index < -0.39 is 0 Å². The van der Waals surface area contributed by atoms with Crippen LogP contribution in [0.5, 0.6) is 0 Å². The highest BCUT2D eigenvalue weighted by atomic mass is 16.5. The van der Waals surface area contributed by atoms with Gasteiger partial charge in [-0.05, 0) is 37.7 Å². The monoisotopic (exact) mass is 385 g/mol. The molecule has 2 saturated heterocycles. The Balaban J connectivity index is 1.46. The lowest BCUT2D eigenvalue weighted by molar-refractivity contribution is -0.0203. The number of aryl methyl sites for hydroxylation is 1. The zero-order valence-corrected chi connectivity index (χ0v) is 17.1. The zero-order chi connectivity index (χ0) is 19.5. The molecule has 0 aliphatic carbocycles. The number of hydrogen-bond acceptors (Lipinski definition) is 7. The molecule has 0 aromatic carbocycles. The molecule has 4 rings (SSSR count). The molecule has 0 unspecified atom stereocenters. The summed E-state index contributed by atoms with van der Waals surface area (Å²) in [6, 6.07) is 2.25. The Morgan fingerprint density at radius 2 is 2.14 bits per heavy atom. The Morgan fingerprint density at radius 3 is 2.93 bits per heavy atom. The number of nitrogens with zero attached hydrogens (tertiary/aromatic N) is 6. The molecule has 3 atom stereocenters. The van der Waals surface area contributed by atoms with Gasteiger partial charge < -0.3 is 19.5 Å². The third-order valence-corrected chi connectivity index (χ3v) is 5.82. The van der Waals surface area contributed by atoms with Gasteiger partial charge in [0, 0.05) is 38.9 Å². The van der Waals surface area contributed by atoms with Gasteiger partial charge in [0.05, 0.1) is 12.1 Å². The molecule has 2 aromatic rings. The summed E-state index contributed by atoms with van der Waals surface area (Å²) in [5.41, 5.74) is 0. The van der Waals surface area contributed by atoms with Gasteiger partial charge >= 0.3 is 0 Å². The molecule has 2 aliphatic heterocycles. The molecule has 8 nitrogen and oxygen atoms in total. The number of piperidine rings is 1. The minimum absolute atomic E-state index is 0.224. The van der Waals surface area contributed by atoms with Gasteiger partial charge in [-0.1, -0.05) is 13.8 Å². The molecule has 0 amide bonds. The third kappa shape index (κ3) is 4.11. The number of rotatable bonds is 5. The van der Waals surface area contributed by atoms with Crippen molar-refractivity contribution in [1.29, 1.82) is 0 Å². The molecule has 1 N–H and O–H groups in total. The summed E-state index contributed by atoms with van der Waals surface area (Å²) < 4.78 is 8.02. The van der Waals surface area contributed by atoms with Crippen LogP contribution in [0.3, 0.4) is 0 Å². The molecule has 2 aliphatic rings. The van der Waals surface area contributed by atoms with Crippen molar-refractivity contribution in [2.75, 3.05) is 29.9 Å². The summed E-state index contributed by atoms with van der Waals surface area (Å²) >= 11 is 0. The van der Waals surface area contributed by atoms with Crippen LogP contribution in [0.15, 0.2) is 18.6 Å². The van der Waals surface area contributed by atoms with E-state index in [4.69, 9.17) is 9.72 Å². The average Bonchev–Trinajstić information content (AvgIpc) is 3.14. The normalized spacial score (nSPS) is 25.9. The third-order valence-electron chi connectivity index (χ3n) is 5.82. The molecular weight excluding hydrogens is 354 g/mol. The lowest BCUT2D eigenvalue weighted by Crippen LogP contribution is -2.43. The van der Waals surface area contributed by atoms with Crippen molar-refractivity contribution in [2.24, 2.45) is 13.0 Å². The molecule has 4 heterocycles. The predicted molar refractivity (Wildman–Crippen MR) is 108 cm³/mol. The van der Waals surface area contributed by atoms with E-state index >= 15 is 0 Å². The van der Waals surface area contributed by atoms with E-state index in [1.807, 2.05) is 23.9 Å². The average molecular weight is 386 g/mol.